The summed E-state index contributed by atoms with van der Waals surface area (Å²) in [5, 5.41) is 4.35. The first-order valence-corrected chi connectivity index (χ1v) is 6.90. The van der Waals surface area contributed by atoms with Crippen LogP contribution in [0, 0.1) is 4.77 Å². The van der Waals surface area contributed by atoms with Gasteiger partial charge in [-0.25, -0.2) is 4.68 Å². The molecule has 0 unspecified atom stereocenters. The van der Waals surface area contributed by atoms with Gasteiger partial charge < -0.3 is 9.30 Å². The molecule has 0 bridgehead atoms. The number of methoxy groups -OCH3 is 1. The summed E-state index contributed by atoms with van der Waals surface area (Å²) >= 11 is 5.43. The lowest BCUT2D eigenvalue weighted by molar-refractivity contribution is 0.414. The normalized spacial score (nSPS) is 10.6. The van der Waals surface area contributed by atoms with E-state index in [-0.39, 0.29) is 0 Å². The summed E-state index contributed by atoms with van der Waals surface area (Å²) in [5.41, 5.74) is 1.16. The van der Waals surface area contributed by atoms with Crippen molar-refractivity contribution in [3.63, 3.8) is 0 Å². The Kier molecular flexibility index (Phi) is 4.74. The number of benzene rings is 1. The number of rotatable bonds is 6. The number of unbranched alkanes of at least 4 members (excludes halogenated alkanes) is 1. The average Bonchev–Trinajstić information content (AvgIpc) is 2.78. The van der Waals surface area contributed by atoms with Gasteiger partial charge in [-0.15, -0.1) is 0 Å². The van der Waals surface area contributed by atoms with Gasteiger partial charge in [-0.1, -0.05) is 25.5 Å². The highest BCUT2D eigenvalue weighted by Gasteiger charge is 2.02. The largest absolute Gasteiger partial charge is 0.497 e. The van der Waals surface area contributed by atoms with E-state index in [1.807, 2.05) is 39.8 Å². The molecule has 5 heteroatoms. The lowest BCUT2D eigenvalue weighted by Crippen LogP contribution is -2.04. The van der Waals surface area contributed by atoms with Crippen LogP contribution in [0.15, 0.2) is 30.6 Å². The van der Waals surface area contributed by atoms with Gasteiger partial charge in [0.15, 0.2) is 4.77 Å². The van der Waals surface area contributed by atoms with Gasteiger partial charge in [-0.3, -0.25) is 0 Å². The molecule has 0 amide bonds. The molecule has 0 aliphatic rings. The Hall–Kier alpha value is -1.62. The third kappa shape index (κ3) is 3.44. The van der Waals surface area contributed by atoms with Crippen molar-refractivity contribution in [2.45, 2.75) is 32.9 Å². The quantitative estimate of drug-likeness (QED) is 0.760. The third-order valence-electron chi connectivity index (χ3n) is 3.04. The van der Waals surface area contributed by atoms with Crippen LogP contribution < -0.4 is 4.74 Å². The lowest BCUT2D eigenvalue weighted by Gasteiger charge is -2.04. The molecule has 1 aromatic heterocycles. The predicted octanol–water partition coefficient (Wildman–Crippen LogP) is 3.27. The van der Waals surface area contributed by atoms with Crippen molar-refractivity contribution in [2.75, 3.05) is 7.11 Å². The third-order valence-corrected chi connectivity index (χ3v) is 3.49. The molecular weight excluding hydrogens is 258 g/mol. The van der Waals surface area contributed by atoms with Gasteiger partial charge in [0.25, 0.3) is 0 Å². The maximum atomic E-state index is 5.43. The summed E-state index contributed by atoms with van der Waals surface area (Å²) in [5.74, 6) is 0.862. The number of aromatic nitrogens is 3. The van der Waals surface area contributed by atoms with Crippen molar-refractivity contribution in [3.8, 4) is 5.75 Å². The SMILES string of the molecule is CCCCn1cnn(Cc2ccc(OC)cc2)c1=S. The van der Waals surface area contributed by atoms with E-state index >= 15 is 0 Å². The molecule has 1 heterocycles. The maximum absolute atomic E-state index is 5.43. The highest BCUT2D eigenvalue weighted by atomic mass is 32.1. The van der Waals surface area contributed by atoms with Gasteiger partial charge in [0, 0.05) is 6.54 Å². The van der Waals surface area contributed by atoms with Crippen molar-refractivity contribution in [1.82, 2.24) is 14.3 Å². The van der Waals surface area contributed by atoms with Crippen LogP contribution >= 0.6 is 12.2 Å². The van der Waals surface area contributed by atoms with Gasteiger partial charge >= 0.3 is 0 Å². The summed E-state index contributed by atoms with van der Waals surface area (Å²) in [7, 11) is 1.67. The van der Waals surface area contributed by atoms with E-state index in [1.165, 1.54) is 0 Å². The molecule has 0 aliphatic carbocycles. The highest BCUT2D eigenvalue weighted by molar-refractivity contribution is 7.71. The fourth-order valence-electron chi connectivity index (χ4n) is 1.87. The van der Waals surface area contributed by atoms with E-state index in [0.29, 0.717) is 6.54 Å². The van der Waals surface area contributed by atoms with Gasteiger partial charge in [-0.2, -0.15) is 5.10 Å². The molecule has 0 saturated carbocycles. The van der Waals surface area contributed by atoms with Gasteiger partial charge in [0.05, 0.1) is 13.7 Å². The summed E-state index contributed by atoms with van der Waals surface area (Å²) in [4.78, 5) is 0. The molecule has 0 N–H and O–H groups in total. The van der Waals surface area contributed by atoms with E-state index < -0.39 is 0 Å². The summed E-state index contributed by atoms with van der Waals surface area (Å²) < 4.78 is 9.81. The van der Waals surface area contributed by atoms with Crippen molar-refractivity contribution in [1.29, 1.82) is 0 Å². The van der Waals surface area contributed by atoms with Crippen molar-refractivity contribution < 1.29 is 4.74 Å². The Morgan fingerprint density at radius 2 is 2.00 bits per heavy atom. The van der Waals surface area contributed by atoms with Crippen molar-refractivity contribution in [2.24, 2.45) is 0 Å². The minimum atomic E-state index is 0.696. The molecule has 4 nitrogen and oxygen atoms in total. The Labute approximate surface area is 118 Å². The summed E-state index contributed by atoms with van der Waals surface area (Å²) in [6.45, 7) is 3.81. The van der Waals surface area contributed by atoms with Gasteiger partial charge in [0.2, 0.25) is 0 Å². The fourth-order valence-corrected chi connectivity index (χ4v) is 2.12. The van der Waals surface area contributed by atoms with Crippen LogP contribution in [0.2, 0.25) is 0 Å². The van der Waals surface area contributed by atoms with E-state index in [9.17, 15) is 0 Å². The minimum Gasteiger partial charge on any atom is -0.497 e. The molecule has 1 aromatic carbocycles. The fraction of sp³-hybridized carbons (Fsp3) is 0.429. The zero-order valence-corrected chi connectivity index (χ0v) is 12.2. The molecule has 0 saturated heterocycles. The molecule has 102 valence electrons. The van der Waals surface area contributed by atoms with E-state index in [1.54, 1.807) is 7.11 Å². The zero-order valence-electron chi connectivity index (χ0n) is 11.4. The molecule has 0 spiro atoms. The monoisotopic (exact) mass is 277 g/mol. The van der Waals surface area contributed by atoms with E-state index in [4.69, 9.17) is 17.0 Å². The number of nitrogens with zero attached hydrogens (tertiary/aromatic N) is 3. The van der Waals surface area contributed by atoms with Crippen LogP contribution in [-0.4, -0.2) is 21.5 Å². The molecule has 2 aromatic rings. The molecule has 0 fully saturated rings. The summed E-state index contributed by atoms with van der Waals surface area (Å²) in [6.07, 6.45) is 4.11. The number of ether oxygens (including phenoxy) is 1. The second-order valence-electron chi connectivity index (χ2n) is 4.47. The highest BCUT2D eigenvalue weighted by Crippen LogP contribution is 2.12. The molecule has 0 aliphatic heterocycles. The van der Waals surface area contributed by atoms with Crippen LogP contribution in [0.3, 0.4) is 0 Å². The van der Waals surface area contributed by atoms with E-state index in [0.717, 1.165) is 35.5 Å². The topological polar surface area (TPSA) is 32.0 Å². The van der Waals surface area contributed by atoms with Gasteiger partial charge in [-0.05, 0) is 36.3 Å². The van der Waals surface area contributed by atoms with Crippen LogP contribution in [0.5, 0.6) is 5.75 Å². The first-order chi connectivity index (χ1) is 9.24. The predicted molar refractivity (Wildman–Crippen MR) is 78.1 cm³/mol. The molecule has 0 atom stereocenters. The first kappa shape index (κ1) is 13.8. The Balaban J connectivity index is 2.10. The Morgan fingerprint density at radius 1 is 1.26 bits per heavy atom. The maximum Gasteiger partial charge on any atom is 0.197 e. The number of hydrogen-bond donors (Lipinski definition) is 0. The second-order valence-corrected chi connectivity index (χ2v) is 4.83. The van der Waals surface area contributed by atoms with Crippen molar-refractivity contribution >= 4 is 12.2 Å². The summed E-state index contributed by atoms with van der Waals surface area (Å²) in [6, 6.07) is 7.97. The molecule has 19 heavy (non-hydrogen) atoms. The molecule has 0 radical (unpaired) electrons. The smallest absolute Gasteiger partial charge is 0.197 e. The first-order valence-electron chi connectivity index (χ1n) is 6.49. The van der Waals surface area contributed by atoms with Crippen LogP contribution in [-0.2, 0) is 13.1 Å². The standard InChI is InChI=1S/C14H19N3OS/c1-3-4-9-16-11-15-17(14(16)19)10-12-5-7-13(18-2)8-6-12/h5-8,11H,3-4,9-10H2,1-2H3. The average molecular weight is 277 g/mol. The van der Waals surface area contributed by atoms with Crippen LogP contribution in [0.4, 0.5) is 0 Å². The van der Waals surface area contributed by atoms with Crippen LogP contribution in [0.25, 0.3) is 0 Å². The lowest BCUT2D eigenvalue weighted by atomic mass is 10.2. The number of aryl methyl sites for hydroxylation is 1. The van der Waals surface area contributed by atoms with Crippen LogP contribution in [0.1, 0.15) is 25.3 Å². The Bertz CT molecular complexity index is 571. The van der Waals surface area contributed by atoms with E-state index in [2.05, 4.69) is 12.0 Å². The van der Waals surface area contributed by atoms with Gasteiger partial charge in [0.1, 0.15) is 12.1 Å². The Morgan fingerprint density at radius 3 is 2.63 bits per heavy atom. The number of hydrogen-bond acceptors (Lipinski definition) is 3. The molecule has 2 rings (SSSR count). The second kappa shape index (κ2) is 6.52. The zero-order chi connectivity index (χ0) is 13.7. The minimum absolute atomic E-state index is 0.696. The molecular formula is C14H19N3OS. The van der Waals surface area contributed by atoms with Crippen molar-refractivity contribution in [3.05, 3.63) is 40.9 Å².